The smallest absolute Gasteiger partial charge is 0.421 e. The Bertz CT molecular complexity index is 1950. The number of hydrogen-bond donors (Lipinski definition) is 4. The quantitative estimate of drug-likeness (QED) is 0.155. The van der Waals surface area contributed by atoms with E-state index in [1.165, 1.54) is 11.2 Å². The van der Waals surface area contributed by atoms with E-state index in [4.69, 9.17) is 15.5 Å². The van der Waals surface area contributed by atoms with Crippen LogP contribution in [0.3, 0.4) is 0 Å². The number of nitrogens with two attached hydrogens (primary N) is 1. The molecule has 1 aliphatic heterocycles. The molecule has 0 radical (unpaired) electrons. The second kappa shape index (κ2) is 15.7. The van der Waals surface area contributed by atoms with Crippen molar-refractivity contribution in [3.8, 4) is 0 Å². The summed E-state index contributed by atoms with van der Waals surface area (Å²) in [5.74, 6) is -0.0202. The standard InChI is InChI=1S/C33H46N10O7S/c1-19(2)28(34)30(45)35-12-15-50-33(47)40-51(48,49)41-13-14-42(20(3)18-41)24-10-11-26(36-16-24)38-32-37-17-25-21(4)27(22(5)44)31(46)43(29(25)39-32)23-8-6-7-9-23/h10-11,16-17,19-20,23,28H,6-9,12-15,18,34H2,1-5H3,(H,35,45)(H,40,47)(H,36,37,38,39)/t20-,28+/m0/s1. The van der Waals surface area contributed by atoms with Crippen LogP contribution in [0.15, 0.2) is 29.3 Å². The predicted octanol–water partition coefficient (Wildman–Crippen LogP) is 2.14. The van der Waals surface area contributed by atoms with Crippen LogP contribution in [-0.2, 0) is 19.7 Å². The fraction of sp³-hybridized carbons (Fsp3) is 0.545. The summed E-state index contributed by atoms with van der Waals surface area (Å²) in [4.78, 5) is 65.7. The van der Waals surface area contributed by atoms with Crippen LogP contribution >= 0.6 is 0 Å². The van der Waals surface area contributed by atoms with Gasteiger partial charge < -0.3 is 26.0 Å². The molecule has 0 bridgehead atoms. The molecule has 0 unspecified atom stereocenters. The number of rotatable bonds is 12. The molecule has 1 aliphatic carbocycles. The van der Waals surface area contributed by atoms with Gasteiger partial charge in [-0.1, -0.05) is 26.7 Å². The number of hydrogen-bond acceptors (Lipinski definition) is 13. The number of ketones is 1. The first-order chi connectivity index (χ1) is 24.2. The molecule has 18 heteroatoms. The molecule has 0 spiro atoms. The van der Waals surface area contributed by atoms with E-state index in [0.29, 0.717) is 29.0 Å². The number of ether oxygens (including phenoxy) is 1. The number of pyridine rings is 2. The molecule has 2 amide bonds. The van der Waals surface area contributed by atoms with Gasteiger partial charge in [-0.05, 0) is 57.2 Å². The summed E-state index contributed by atoms with van der Waals surface area (Å²) in [6.07, 6.45) is 5.81. The van der Waals surface area contributed by atoms with Gasteiger partial charge in [0.1, 0.15) is 18.1 Å². The number of piperazine rings is 1. The molecule has 51 heavy (non-hydrogen) atoms. The van der Waals surface area contributed by atoms with Gasteiger partial charge in [-0.2, -0.15) is 17.7 Å². The Hall–Kier alpha value is -4.68. The molecule has 5 N–H and O–H groups in total. The van der Waals surface area contributed by atoms with Crippen LogP contribution in [0.2, 0.25) is 0 Å². The molecule has 2 fully saturated rings. The van der Waals surface area contributed by atoms with E-state index in [1.807, 2.05) is 22.6 Å². The molecular formula is C33H46N10O7S. The zero-order valence-electron chi connectivity index (χ0n) is 29.5. The van der Waals surface area contributed by atoms with Gasteiger partial charge in [-0.15, -0.1) is 0 Å². The van der Waals surface area contributed by atoms with Crippen LogP contribution in [0.4, 0.5) is 22.2 Å². The monoisotopic (exact) mass is 726 g/mol. The largest absolute Gasteiger partial charge is 0.447 e. The fourth-order valence-corrected chi connectivity index (χ4v) is 7.65. The van der Waals surface area contributed by atoms with E-state index in [-0.39, 0.29) is 73.0 Å². The summed E-state index contributed by atoms with van der Waals surface area (Å²) in [7, 11) is -4.18. The van der Waals surface area contributed by atoms with Crippen LogP contribution in [0.1, 0.15) is 75.3 Å². The summed E-state index contributed by atoms with van der Waals surface area (Å²) in [6, 6.07) is 2.60. The van der Waals surface area contributed by atoms with Crippen LogP contribution in [0, 0.1) is 12.8 Å². The van der Waals surface area contributed by atoms with Gasteiger partial charge in [0.2, 0.25) is 11.9 Å². The highest BCUT2D eigenvalue weighted by molar-refractivity contribution is 7.87. The average Bonchev–Trinajstić information content (AvgIpc) is 3.61. The van der Waals surface area contributed by atoms with E-state index in [1.54, 1.807) is 43.8 Å². The van der Waals surface area contributed by atoms with E-state index < -0.39 is 22.3 Å². The number of fused-ring (bicyclic) bond motifs is 1. The Balaban J connectivity index is 1.19. The maximum absolute atomic E-state index is 13.5. The Morgan fingerprint density at radius 3 is 2.45 bits per heavy atom. The van der Waals surface area contributed by atoms with Gasteiger partial charge >= 0.3 is 16.3 Å². The third-order valence-electron chi connectivity index (χ3n) is 9.37. The first kappa shape index (κ1) is 37.6. The molecule has 2 atom stereocenters. The number of nitrogens with zero attached hydrogens (tertiary/aromatic N) is 6. The first-order valence-corrected chi connectivity index (χ1v) is 18.5. The van der Waals surface area contributed by atoms with Crippen molar-refractivity contribution >= 4 is 56.5 Å². The van der Waals surface area contributed by atoms with Gasteiger partial charge in [0.25, 0.3) is 5.56 Å². The van der Waals surface area contributed by atoms with Crippen molar-refractivity contribution < 1.29 is 27.5 Å². The van der Waals surface area contributed by atoms with E-state index in [9.17, 15) is 27.6 Å². The van der Waals surface area contributed by atoms with Crippen LogP contribution in [0.25, 0.3) is 11.0 Å². The fourth-order valence-electron chi connectivity index (χ4n) is 6.52. The van der Waals surface area contributed by atoms with E-state index >= 15 is 0 Å². The first-order valence-electron chi connectivity index (χ1n) is 17.1. The van der Waals surface area contributed by atoms with Crippen molar-refractivity contribution in [1.29, 1.82) is 0 Å². The lowest BCUT2D eigenvalue weighted by Crippen LogP contribution is -2.56. The minimum atomic E-state index is -4.18. The number of nitrogens with one attached hydrogen (secondary N) is 3. The Morgan fingerprint density at radius 2 is 1.82 bits per heavy atom. The van der Waals surface area contributed by atoms with Crippen molar-refractivity contribution in [3.63, 3.8) is 0 Å². The Kier molecular flexibility index (Phi) is 11.6. The summed E-state index contributed by atoms with van der Waals surface area (Å²) in [5, 5.41) is 6.30. The number of anilines is 3. The molecule has 3 aromatic heterocycles. The SMILES string of the molecule is CC(=O)c1c(C)c2cnc(Nc3ccc(N4CCN(S(=O)(=O)NC(=O)OCCNC(=O)[C@H](N)C(C)C)C[C@@H]4C)cn3)nc2n(C2CCCC2)c1=O. The second-order valence-electron chi connectivity index (χ2n) is 13.3. The number of carbonyl (C=O) groups excluding carboxylic acids is 3. The van der Waals surface area contributed by atoms with Crippen molar-refractivity contribution in [3.05, 3.63) is 46.0 Å². The minimum Gasteiger partial charge on any atom is -0.447 e. The number of carbonyl (C=O) groups is 3. The molecule has 1 saturated carbocycles. The van der Waals surface area contributed by atoms with Crippen LogP contribution < -0.4 is 31.5 Å². The molecule has 3 aromatic rings. The van der Waals surface area contributed by atoms with Crippen LogP contribution in [-0.4, -0.2) is 94.9 Å². The highest BCUT2D eigenvalue weighted by atomic mass is 32.2. The zero-order valence-corrected chi connectivity index (χ0v) is 30.3. The Labute approximate surface area is 296 Å². The average molecular weight is 727 g/mol. The molecule has 1 saturated heterocycles. The van der Waals surface area contributed by atoms with Gasteiger partial charge in [-0.3, -0.25) is 19.0 Å². The number of amides is 2. The maximum atomic E-state index is 13.5. The van der Waals surface area contributed by atoms with Gasteiger partial charge in [0.05, 0.1) is 30.0 Å². The number of aryl methyl sites for hydroxylation is 1. The summed E-state index contributed by atoms with van der Waals surface area (Å²) in [5.41, 5.74) is 7.42. The normalized spacial score (nSPS) is 17.8. The molecule has 5 rings (SSSR count). The Morgan fingerprint density at radius 1 is 1.10 bits per heavy atom. The third kappa shape index (κ3) is 8.45. The summed E-state index contributed by atoms with van der Waals surface area (Å²) >= 11 is 0. The van der Waals surface area contributed by atoms with E-state index in [2.05, 4.69) is 20.6 Å². The third-order valence-corrected chi connectivity index (χ3v) is 10.8. The van der Waals surface area contributed by atoms with E-state index in [0.717, 1.165) is 31.4 Å². The minimum absolute atomic E-state index is 0.00851. The van der Waals surface area contributed by atoms with Gasteiger partial charge in [0, 0.05) is 43.3 Å². The maximum Gasteiger partial charge on any atom is 0.421 e. The summed E-state index contributed by atoms with van der Waals surface area (Å²) in [6.45, 7) is 8.93. The molecule has 4 heterocycles. The molecule has 17 nitrogen and oxygen atoms in total. The second-order valence-corrected chi connectivity index (χ2v) is 15.0. The zero-order chi connectivity index (χ0) is 37.0. The molecule has 2 aliphatic rings. The molecular weight excluding hydrogens is 680 g/mol. The van der Waals surface area contributed by atoms with Gasteiger partial charge in [0.15, 0.2) is 5.78 Å². The molecule has 276 valence electrons. The van der Waals surface area contributed by atoms with Crippen molar-refractivity contribution in [1.82, 2.24) is 33.9 Å². The van der Waals surface area contributed by atoms with Crippen molar-refractivity contribution in [2.75, 3.05) is 43.0 Å². The summed E-state index contributed by atoms with van der Waals surface area (Å²) < 4.78 is 35.5. The van der Waals surface area contributed by atoms with Gasteiger partial charge in [-0.25, -0.2) is 19.5 Å². The topological polar surface area (TPSA) is 224 Å². The lowest BCUT2D eigenvalue weighted by Gasteiger charge is -2.40. The highest BCUT2D eigenvalue weighted by Crippen LogP contribution is 2.32. The lowest BCUT2D eigenvalue weighted by molar-refractivity contribution is -0.123. The predicted molar refractivity (Wildman–Crippen MR) is 191 cm³/mol. The number of aromatic nitrogens is 4. The van der Waals surface area contributed by atoms with Crippen molar-refractivity contribution in [2.45, 2.75) is 78.4 Å². The van der Waals surface area contributed by atoms with Crippen molar-refractivity contribution in [2.24, 2.45) is 11.7 Å². The van der Waals surface area contributed by atoms with Crippen LogP contribution in [0.5, 0.6) is 0 Å². The highest BCUT2D eigenvalue weighted by Gasteiger charge is 2.33. The molecule has 0 aromatic carbocycles. The number of Topliss-reactive ketones (excluding diaryl/α,β-unsaturated/α-hetero) is 1. The lowest BCUT2D eigenvalue weighted by atomic mass is 10.0.